The fraction of sp³-hybridized carbons (Fsp3) is 1.00. The van der Waals surface area contributed by atoms with Crippen LogP contribution in [0.3, 0.4) is 0 Å². The first-order chi connectivity index (χ1) is 39.9. The Bertz CT molecular complexity index is 1580. The largest absolute Gasteiger partial charge is 0.394 e. The minimum Gasteiger partial charge on any atom is -0.394 e. The highest BCUT2D eigenvalue weighted by molar-refractivity contribution is 6.82. The molecule has 504 valence electrons. The monoisotopic (exact) mass is 1310 g/mol. The van der Waals surface area contributed by atoms with Gasteiger partial charge in [0.15, 0.2) is 25.2 Å². The molecule has 0 spiro atoms. The Balaban J connectivity index is 1.47. The molecule has 0 radical (unpaired) electrons. The molecule has 0 amide bonds. The van der Waals surface area contributed by atoms with Gasteiger partial charge in [-0.2, -0.15) is 0 Å². The topological polar surface area (TPSA) is 398 Å². The third-order valence-electron chi connectivity index (χ3n) is 18.8. The van der Waals surface area contributed by atoms with Gasteiger partial charge in [-0.05, 0) is 25.7 Å². The predicted molar refractivity (Wildman–Crippen MR) is 329 cm³/mol. The lowest BCUT2D eigenvalue weighted by molar-refractivity contribution is -0.301. The zero-order valence-corrected chi connectivity index (χ0v) is 57.3. The normalized spacial score (nSPS) is 34.7. The van der Waals surface area contributed by atoms with Gasteiger partial charge in [-0.25, -0.2) is 0 Å². The van der Waals surface area contributed by atoms with Crippen LogP contribution in [-0.2, 0) is 37.9 Å². The molecule has 4 saturated heterocycles. The average Bonchev–Trinajstić information content (AvgIpc) is 3.54. The maximum atomic E-state index is 10.5. The number of hydrogen-bond donors (Lipinski definition) is 16. The van der Waals surface area contributed by atoms with Gasteiger partial charge in [0.05, 0.1) is 34.5 Å². The second-order valence-corrected chi connectivity index (χ2v) is 54.6. The zero-order chi connectivity index (χ0) is 63.5. The minimum absolute atomic E-state index is 0.288. The second-order valence-electron chi connectivity index (χ2n) is 28.3. The molecule has 0 aromatic rings. The maximum Gasteiger partial charge on any atom is 0.186 e. The van der Waals surface area contributed by atoms with Crippen LogP contribution in [0.4, 0.5) is 0 Å². The minimum atomic E-state index is -2.00. The lowest BCUT2D eigenvalue weighted by Crippen LogP contribution is -2.59. The SMILES string of the molecule is C[Si](C)(CCCO[C@H]1O[C@H](CO)[C@@H](O)[C@H](O)[C@@H]1O)CCC[Si](CCC[Si](C)(C)CCCO[C@H]1O[C@H](CO)[C@@H](O)[C@H](O)[C@@H]1O)(CCC[Si](C)(C)CCCO[C@H]1O[C@H](CO)[C@@H](O)[C@H](O)[C@@H]1O)CCC[Si](C)(C)CCCO[C@H]1O[C@H](CO)[C@@H](O)[C@H](O)[C@@H]1O. The van der Waals surface area contributed by atoms with Crippen molar-refractivity contribution in [3.63, 3.8) is 0 Å². The van der Waals surface area contributed by atoms with Crippen molar-refractivity contribution in [2.75, 3.05) is 52.9 Å². The first kappa shape index (κ1) is 77.6. The third-order valence-corrected chi connectivity index (χ3v) is 38.1. The van der Waals surface area contributed by atoms with E-state index < -0.39 is 190 Å². The van der Waals surface area contributed by atoms with Crippen molar-refractivity contribution >= 4 is 40.4 Å². The van der Waals surface area contributed by atoms with Crippen LogP contribution in [0.2, 0.25) is 125 Å². The summed E-state index contributed by atoms with van der Waals surface area (Å²) in [4.78, 5) is 0. The summed E-state index contributed by atoms with van der Waals surface area (Å²) in [5, 5.41) is 163. The fourth-order valence-electron chi connectivity index (χ4n) is 12.8. The lowest BCUT2D eigenvalue weighted by Gasteiger charge is -2.39. The summed E-state index contributed by atoms with van der Waals surface area (Å²) in [5.41, 5.74) is 0. The van der Waals surface area contributed by atoms with Gasteiger partial charge in [0.1, 0.15) is 97.7 Å². The van der Waals surface area contributed by atoms with Crippen molar-refractivity contribution in [2.24, 2.45) is 0 Å². The van der Waals surface area contributed by atoms with Gasteiger partial charge in [0.25, 0.3) is 0 Å². The Morgan fingerprint density at radius 1 is 0.247 bits per heavy atom. The lowest BCUT2D eigenvalue weighted by atomic mass is 9.99. The van der Waals surface area contributed by atoms with Gasteiger partial charge >= 0.3 is 0 Å². The van der Waals surface area contributed by atoms with Crippen molar-refractivity contribution in [1.82, 2.24) is 0 Å². The van der Waals surface area contributed by atoms with E-state index in [0.29, 0.717) is 0 Å². The van der Waals surface area contributed by atoms with Crippen molar-refractivity contribution in [3.8, 4) is 0 Å². The predicted octanol–water partition coefficient (Wildman–Crippen LogP) is 0.656. The molecule has 4 aliphatic rings. The number of hydrogen-bond acceptors (Lipinski definition) is 24. The third kappa shape index (κ3) is 24.5. The van der Waals surface area contributed by atoms with Crippen molar-refractivity contribution in [3.05, 3.63) is 0 Å². The summed E-state index contributed by atoms with van der Waals surface area (Å²) in [6, 6.07) is 13.2. The maximum absolute atomic E-state index is 10.5. The molecule has 29 heteroatoms. The van der Waals surface area contributed by atoms with E-state index in [1.165, 1.54) is 24.2 Å². The molecule has 4 aliphatic heterocycles. The van der Waals surface area contributed by atoms with Crippen LogP contribution < -0.4 is 0 Å². The van der Waals surface area contributed by atoms with Gasteiger partial charge < -0.3 is 120 Å². The summed E-state index contributed by atoms with van der Waals surface area (Å²) in [5.74, 6) is 0. The number of aliphatic hydroxyl groups is 16. The summed E-state index contributed by atoms with van der Waals surface area (Å²) >= 11 is 0. The van der Waals surface area contributed by atoms with E-state index in [9.17, 15) is 81.7 Å². The molecule has 0 bridgehead atoms. The van der Waals surface area contributed by atoms with Crippen LogP contribution in [0, 0.1) is 0 Å². The van der Waals surface area contributed by atoms with E-state index in [0.717, 1.165) is 99.7 Å². The molecule has 0 unspecified atom stereocenters. The van der Waals surface area contributed by atoms with Gasteiger partial charge in [0, 0.05) is 58.7 Å². The molecule has 85 heavy (non-hydrogen) atoms. The molecule has 0 aromatic carbocycles. The smallest absolute Gasteiger partial charge is 0.186 e. The molecule has 0 aromatic heterocycles. The molecule has 0 saturated carbocycles. The Morgan fingerprint density at radius 2 is 0.424 bits per heavy atom. The molecular weight excluding hydrogens is 1200 g/mol. The summed E-state index contributed by atoms with van der Waals surface area (Å²) in [7, 11) is -9.11. The highest BCUT2D eigenvalue weighted by atomic mass is 28.3. The summed E-state index contributed by atoms with van der Waals surface area (Å²) in [6.45, 7) is 18.3. The molecule has 4 rings (SSSR count). The van der Waals surface area contributed by atoms with Gasteiger partial charge in [-0.15, -0.1) is 0 Å². The standard InChI is InChI=1S/C56H116O24Si5/c1-81(2,21-9-17-73-53-49(69)45(65)41(61)37(33-57)77-53)25-13-29-85(30-14-26-82(3,4)22-10-18-74-54-50(70)46(66)42(62)38(34-58)78-54,31-15-27-83(5,6)23-11-19-75-55-51(71)47(67)43(63)39(35-59)79-55)32-16-28-84(7,8)24-12-20-76-56-52(72)48(68)44(64)40(36-60)80-56/h37-72H,9-36H2,1-8H3/t37-,38-,39-,40-,41-,42-,43-,44-,45+,46+,47+,48+,49+,50+,51+,52+,53+,54+,55+,56+/m1/s1. The van der Waals surface area contributed by atoms with E-state index in [4.69, 9.17) is 37.9 Å². The second kappa shape index (κ2) is 36.5. The van der Waals surface area contributed by atoms with E-state index in [-0.39, 0.29) is 26.4 Å². The Morgan fingerprint density at radius 3 is 0.600 bits per heavy atom. The Kier molecular flexibility index (Phi) is 33.3. The Hall–Kier alpha value is 0.124. The fourth-order valence-corrected chi connectivity index (χ4v) is 29.4. The molecule has 4 fully saturated rings. The van der Waals surface area contributed by atoms with Gasteiger partial charge in [-0.3, -0.25) is 0 Å². The first-order valence-corrected chi connectivity index (χ1v) is 48.0. The van der Waals surface area contributed by atoms with E-state index >= 15 is 0 Å². The molecule has 16 N–H and O–H groups in total. The quantitative estimate of drug-likeness (QED) is 0.0296. The summed E-state index contributed by atoms with van der Waals surface area (Å²) < 4.78 is 45.9. The highest BCUT2D eigenvalue weighted by Gasteiger charge is 2.48. The first-order valence-electron chi connectivity index (χ1n) is 31.6. The summed E-state index contributed by atoms with van der Waals surface area (Å²) in [6.07, 6.45) is -19.1. The van der Waals surface area contributed by atoms with E-state index in [2.05, 4.69) is 52.4 Å². The molecular formula is C56H116O24Si5. The van der Waals surface area contributed by atoms with Crippen LogP contribution in [0.1, 0.15) is 51.4 Å². The van der Waals surface area contributed by atoms with Crippen LogP contribution in [0.5, 0.6) is 0 Å². The number of aliphatic hydroxyl groups excluding tert-OH is 16. The zero-order valence-electron chi connectivity index (χ0n) is 52.3. The van der Waals surface area contributed by atoms with E-state index in [1.54, 1.807) is 0 Å². The Labute approximate surface area is 509 Å². The van der Waals surface area contributed by atoms with Crippen LogP contribution in [0.25, 0.3) is 0 Å². The molecule has 20 atom stereocenters. The molecule has 4 heterocycles. The van der Waals surface area contributed by atoms with Gasteiger partial charge in [-0.1, -0.05) is 151 Å². The van der Waals surface area contributed by atoms with Crippen LogP contribution >= 0.6 is 0 Å². The van der Waals surface area contributed by atoms with Crippen LogP contribution in [-0.4, -0.2) is 298 Å². The molecule has 24 nitrogen and oxygen atoms in total. The van der Waals surface area contributed by atoms with Gasteiger partial charge in [0.2, 0.25) is 0 Å². The van der Waals surface area contributed by atoms with Crippen molar-refractivity contribution < 1.29 is 120 Å². The number of rotatable bonds is 40. The van der Waals surface area contributed by atoms with Crippen molar-refractivity contribution in [1.29, 1.82) is 0 Å². The highest BCUT2D eigenvalue weighted by Crippen LogP contribution is 2.40. The average molecular weight is 1310 g/mol. The molecule has 0 aliphatic carbocycles. The van der Waals surface area contributed by atoms with Crippen LogP contribution in [0.15, 0.2) is 0 Å². The van der Waals surface area contributed by atoms with E-state index in [1.807, 2.05) is 0 Å². The van der Waals surface area contributed by atoms with Crippen molar-refractivity contribution in [2.45, 2.75) is 299 Å². The number of ether oxygens (including phenoxy) is 8.